The molecule has 0 saturated heterocycles. The molecule has 24 heavy (non-hydrogen) atoms. The Bertz CT molecular complexity index is 478. The van der Waals surface area contributed by atoms with Crippen molar-refractivity contribution in [2.75, 3.05) is 13.2 Å². The number of rotatable bonds is 11. The summed E-state index contributed by atoms with van der Waals surface area (Å²) in [5, 5.41) is 8.60. The number of esters is 1. The molecule has 5 heteroatoms. The first-order chi connectivity index (χ1) is 11.5. The first-order valence-corrected chi connectivity index (χ1v) is 8.52. The maximum absolute atomic E-state index is 11.2. The van der Waals surface area contributed by atoms with E-state index in [9.17, 15) is 9.59 Å². The lowest BCUT2D eigenvalue weighted by Crippen LogP contribution is -2.16. The SMILES string of the molecule is C=C(C)C(=O)OCCCCCCOC1C=CC(/C=C/C(=O)O)CC1. The van der Waals surface area contributed by atoms with Gasteiger partial charge in [0, 0.05) is 18.3 Å². The lowest BCUT2D eigenvalue weighted by Gasteiger charge is -2.21. The Kier molecular flexibility index (Phi) is 9.77. The molecule has 0 fully saturated rings. The van der Waals surface area contributed by atoms with E-state index in [1.165, 1.54) is 6.08 Å². The van der Waals surface area contributed by atoms with E-state index in [0.717, 1.165) is 45.1 Å². The van der Waals surface area contributed by atoms with Crippen molar-refractivity contribution in [1.29, 1.82) is 0 Å². The molecule has 0 aromatic rings. The van der Waals surface area contributed by atoms with Crippen molar-refractivity contribution >= 4 is 11.9 Å². The molecule has 0 radical (unpaired) electrons. The van der Waals surface area contributed by atoms with Gasteiger partial charge in [0.2, 0.25) is 0 Å². The third-order valence-electron chi connectivity index (χ3n) is 3.80. The van der Waals surface area contributed by atoms with Crippen LogP contribution in [0.4, 0.5) is 0 Å². The molecule has 0 spiro atoms. The summed E-state index contributed by atoms with van der Waals surface area (Å²) in [4.78, 5) is 21.6. The molecule has 0 amide bonds. The topological polar surface area (TPSA) is 72.8 Å². The number of hydrogen-bond donors (Lipinski definition) is 1. The Hall–Kier alpha value is -1.88. The smallest absolute Gasteiger partial charge is 0.333 e. The van der Waals surface area contributed by atoms with E-state index in [1.807, 2.05) is 12.2 Å². The maximum Gasteiger partial charge on any atom is 0.333 e. The minimum absolute atomic E-state index is 0.135. The lowest BCUT2D eigenvalue weighted by atomic mass is 9.94. The molecule has 2 unspecified atom stereocenters. The van der Waals surface area contributed by atoms with Gasteiger partial charge in [-0.2, -0.15) is 0 Å². The van der Waals surface area contributed by atoms with Gasteiger partial charge in [0.1, 0.15) is 0 Å². The number of allylic oxidation sites excluding steroid dienone is 2. The summed E-state index contributed by atoms with van der Waals surface area (Å²) in [7, 11) is 0. The lowest BCUT2D eigenvalue weighted by molar-refractivity contribution is -0.139. The maximum atomic E-state index is 11.2. The van der Waals surface area contributed by atoms with Crippen molar-refractivity contribution in [3.8, 4) is 0 Å². The van der Waals surface area contributed by atoms with Gasteiger partial charge >= 0.3 is 11.9 Å². The second-order valence-electron chi connectivity index (χ2n) is 6.06. The predicted octanol–water partition coefficient (Wildman–Crippen LogP) is 3.66. The van der Waals surface area contributed by atoms with Gasteiger partial charge in [-0.05, 0) is 44.9 Å². The molecule has 0 bridgehead atoms. The highest BCUT2D eigenvalue weighted by atomic mass is 16.5. The molecule has 0 aliphatic heterocycles. The van der Waals surface area contributed by atoms with Crippen LogP contribution >= 0.6 is 0 Å². The summed E-state index contributed by atoms with van der Waals surface area (Å²) in [5.74, 6) is -1.03. The van der Waals surface area contributed by atoms with E-state index in [-0.39, 0.29) is 18.0 Å². The summed E-state index contributed by atoms with van der Waals surface area (Å²) in [5.41, 5.74) is 0.435. The molecule has 1 aliphatic rings. The van der Waals surface area contributed by atoms with E-state index in [4.69, 9.17) is 14.6 Å². The molecule has 2 atom stereocenters. The summed E-state index contributed by atoms with van der Waals surface area (Å²) >= 11 is 0. The van der Waals surface area contributed by atoms with Crippen molar-refractivity contribution in [3.05, 3.63) is 36.5 Å². The summed E-state index contributed by atoms with van der Waals surface area (Å²) in [6.45, 7) is 6.34. The Morgan fingerprint density at radius 1 is 1.17 bits per heavy atom. The first-order valence-electron chi connectivity index (χ1n) is 8.52. The van der Waals surface area contributed by atoms with Gasteiger partial charge in [0.05, 0.1) is 12.7 Å². The summed E-state index contributed by atoms with van der Waals surface area (Å²) in [6.07, 6.45) is 12.8. The van der Waals surface area contributed by atoms with E-state index < -0.39 is 5.97 Å². The minimum Gasteiger partial charge on any atom is -0.478 e. The molecule has 0 heterocycles. The third-order valence-corrected chi connectivity index (χ3v) is 3.80. The number of aliphatic carboxylic acids is 1. The van der Waals surface area contributed by atoms with Crippen molar-refractivity contribution in [3.63, 3.8) is 0 Å². The molecular weight excluding hydrogens is 308 g/mol. The first kappa shape index (κ1) is 20.2. The quantitative estimate of drug-likeness (QED) is 0.270. The van der Waals surface area contributed by atoms with Crippen LogP contribution in [0, 0.1) is 5.92 Å². The van der Waals surface area contributed by atoms with Gasteiger partial charge in [-0.3, -0.25) is 0 Å². The Morgan fingerprint density at radius 3 is 2.46 bits per heavy atom. The Labute approximate surface area is 144 Å². The molecule has 1 aliphatic carbocycles. The molecule has 1 rings (SSSR count). The number of unbranched alkanes of at least 4 members (excludes halogenated alkanes) is 3. The van der Waals surface area contributed by atoms with E-state index in [1.54, 1.807) is 13.0 Å². The normalized spacial score (nSPS) is 20.2. The van der Waals surface area contributed by atoms with Gasteiger partial charge in [-0.25, -0.2) is 9.59 Å². The highest BCUT2D eigenvalue weighted by Gasteiger charge is 2.14. The molecule has 0 saturated carbocycles. The Balaban J connectivity index is 2.00. The van der Waals surface area contributed by atoms with Crippen LogP contribution in [0.25, 0.3) is 0 Å². The average Bonchev–Trinajstić information content (AvgIpc) is 2.56. The number of carbonyl (C=O) groups excluding carboxylic acids is 1. The van der Waals surface area contributed by atoms with Crippen LogP contribution in [0.2, 0.25) is 0 Å². The minimum atomic E-state index is -0.906. The van der Waals surface area contributed by atoms with Crippen molar-refractivity contribution in [2.45, 2.75) is 51.6 Å². The van der Waals surface area contributed by atoms with Gasteiger partial charge in [0.15, 0.2) is 0 Å². The molecule has 0 aromatic carbocycles. The zero-order valence-electron chi connectivity index (χ0n) is 14.4. The highest BCUT2D eigenvalue weighted by molar-refractivity contribution is 5.86. The van der Waals surface area contributed by atoms with E-state index in [2.05, 4.69) is 6.58 Å². The summed E-state index contributed by atoms with van der Waals surface area (Å²) < 4.78 is 10.8. The van der Waals surface area contributed by atoms with E-state index in [0.29, 0.717) is 12.2 Å². The van der Waals surface area contributed by atoms with Gasteiger partial charge in [0.25, 0.3) is 0 Å². The van der Waals surface area contributed by atoms with E-state index >= 15 is 0 Å². The van der Waals surface area contributed by atoms with Gasteiger partial charge in [-0.15, -0.1) is 0 Å². The molecule has 5 nitrogen and oxygen atoms in total. The number of ether oxygens (including phenoxy) is 2. The van der Waals surface area contributed by atoms with Crippen molar-refractivity contribution in [2.24, 2.45) is 5.92 Å². The fourth-order valence-corrected chi connectivity index (χ4v) is 2.40. The largest absolute Gasteiger partial charge is 0.478 e. The molecular formula is C19H28O5. The molecule has 1 N–H and O–H groups in total. The van der Waals surface area contributed by atoms with Crippen LogP contribution < -0.4 is 0 Å². The van der Waals surface area contributed by atoms with Crippen LogP contribution in [0.1, 0.15) is 45.4 Å². The van der Waals surface area contributed by atoms with Crippen LogP contribution in [-0.2, 0) is 19.1 Å². The molecule has 0 aromatic heterocycles. The number of carbonyl (C=O) groups is 2. The zero-order valence-corrected chi connectivity index (χ0v) is 14.4. The average molecular weight is 336 g/mol. The number of carboxylic acids is 1. The second-order valence-corrected chi connectivity index (χ2v) is 6.06. The van der Waals surface area contributed by atoms with Crippen LogP contribution in [0.5, 0.6) is 0 Å². The standard InChI is InChI=1S/C19H28O5/c1-15(2)19(22)24-14-6-4-3-5-13-23-17-10-7-16(8-11-17)9-12-18(20)21/h7,9-10,12,16-17H,1,3-6,8,11,13-14H2,2H3,(H,20,21)/b12-9+. The fourth-order valence-electron chi connectivity index (χ4n) is 2.40. The molecule has 134 valence electrons. The monoisotopic (exact) mass is 336 g/mol. The zero-order chi connectivity index (χ0) is 17.8. The van der Waals surface area contributed by atoms with Crippen LogP contribution in [0.3, 0.4) is 0 Å². The fraction of sp³-hybridized carbons (Fsp3) is 0.579. The summed E-state index contributed by atoms with van der Waals surface area (Å²) in [6, 6.07) is 0. The highest BCUT2D eigenvalue weighted by Crippen LogP contribution is 2.21. The Morgan fingerprint density at radius 2 is 1.88 bits per heavy atom. The second kappa shape index (κ2) is 11.6. The number of hydrogen-bond acceptors (Lipinski definition) is 4. The van der Waals surface area contributed by atoms with Gasteiger partial charge in [-0.1, -0.05) is 31.2 Å². The van der Waals surface area contributed by atoms with Crippen molar-refractivity contribution < 1.29 is 24.2 Å². The van der Waals surface area contributed by atoms with Crippen LogP contribution in [-0.4, -0.2) is 36.4 Å². The van der Waals surface area contributed by atoms with Crippen molar-refractivity contribution in [1.82, 2.24) is 0 Å². The predicted molar refractivity (Wildman–Crippen MR) is 92.6 cm³/mol. The van der Waals surface area contributed by atoms with Crippen LogP contribution in [0.15, 0.2) is 36.5 Å². The van der Waals surface area contributed by atoms with Gasteiger partial charge < -0.3 is 14.6 Å². The number of carboxylic acid groups (broad SMARTS) is 1. The third kappa shape index (κ3) is 9.30.